The molecule has 1 aromatic heterocycles. The first-order chi connectivity index (χ1) is 17.1. The Bertz CT molecular complexity index is 1150. The highest BCUT2D eigenvalue weighted by Crippen LogP contribution is 2.41. The van der Waals surface area contributed by atoms with Crippen molar-refractivity contribution >= 4 is 24.6 Å². The van der Waals surface area contributed by atoms with Crippen molar-refractivity contribution in [2.75, 3.05) is 6.54 Å². The van der Waals surface area contributed by atoms with Gasteiger partial charge in [-0.3, -0.25) is 4.79 Å². The number of carbonyl (C=O) groups is 2. The maximum atomic E-state index is 14.5. The third-order valence-corrected chi connectivity index (χ3v) is 7.42. The minimum atomic E-state index is -3.12. The molecule has 2 aliphatic heterocycles. The van der Waals surface area contributed by atoms with Crippen molar-refractivity contribution in [2.45, 2.75) is 77.2 Å². The molecule has 2 saturated heterocycles. The molecule has 2 atom stereocenters. The number of amides is 2. The van der Waals surface area contributed by atoms with Gasteiger partial charge in [0.2, 0.25) is 5.91 Å². The second kappa shape index (κ2) is 9.40. The van der Waals surface area contributed by atoms with Gasteiger partial charge < -0.3 is 29.6 Å². The number of likely N-dealkylation sites (tertiary alicyclic amines) is 1. The summed E-state index contributed by atoms with van der Waals surface area (Å²) in [4.78, 5) is 32.7. The topological polar surface area (TPSA) is 117 Å². The fourth-order valence-corrected chi connectivity index (χ4v) is 4.57. The number of carbonyl (C=O) groups excluding carboxylic acids is 1. The molecule has 0 unspecified atom stereocenters. The first-order valence-corrected chi connectivity index (χ1v) is 12.3. The van der Waals surface area contributed by atoms with E-state index in [0.717, 1.165) is 15.9 Å². The molecule has 0 aliphatic carbocycles. The van der Waals surface area contributed by atoms with Crippen molar-refractivity contribution in [3.63, 3.8) is 0 Å². The van der Waals surface area contributed by atoms with E-state index in [0.29, 0.717) is 5.69 Å². The molecule has 3 heterocycles. The normalized spacial score (nSPS) is 22.9. The molecule has 4 rings (SSSR count). The zero-order valence-corrected chi connectivity index (χ0v) is 21.8. The van der Waals surface area contributed by atoms with Crippen molar-refractivity contribution < 1.29 is 32.8 Å². The summed E-state index contributed by atoms with van der Waals surface area (Å²) in [5.74, 6) is -4.03. The van der Waals surface area contributed by atoms with Crippen molar-refractivity contribution in [3.05, 3.63) is 36.3 Å². The molecule has 2 amide bonds. The highest BCUT2D eigenvalue weighted by atomic mass is 19.3. The lowest BCUT2D eigenvalue weighted by Crippen LogP contribution is -2.51. The summed E-state index contributed by atoms with van der Waals surface area (Å²) in [6, 6.07) is 5.30. The third kappa shape index (κ3) is 5.35. The minimum absolute atomic E-state index is 0.216. The monoisotopic (exact) mass is 518 g/mol. The molecule has 9 nitrogen and oxygen atoms in total. The minimum Gasteiger partial charge on any atom is -0.465 e. The van der Waals surface area contributed by atoms with Crippen LogP contribution in [0.2, 0.25) is 0 Å². The lowest BCUT2D eigenvalue weighted by molar-refractivity contribution is -0.136. The van der Waals surface area contributed by atoms with Crippen LogP contribution in [0.5, 0.6) is 0 Å². The number of H-pyrrole nitrogens is 1. The highest BCUT2D eigenvalue weighted by Gasteiger charge is 2.52. The summed E-state index contributed by atoms with van der Waals surface area (Å²) >= 11 is 0. The van der Waals surface area contributed by atoms with Gasteiger partial charge in [0.1, 0.15) is 11.9 Å². The van der Waals surface area contributed by atoms with E-state index in [2.05, 4.69) is 15.3 Å². The number of rotatable bonds is 6. The molecule has 2 fully saturated rings. The van der Waals surface area contributed by atoms with Gasteiger partial charge in [0.05, 0.1) is 35.7 Å². The lowest BCUT2D eigenvalue weighted by Gasteiger charge is -2.32. The second-order valence-electron chi connectivity index (χ2n) is 11.1. The molecule has 0 spiro atoms. The number of hydrogen-bond donors (Lipinski definition) is 3. The van der Waals surface area contributed by atoms with Crippen LogP contribution >= 0.6 is 0 Å². The Morgan fingerprint density at radius 3 is 2.30 bits per heavy atom. The van der Waals surface area contributed by atoms with E-state index in [1.54, 1.807) is 13.8 Å². The van der Waals surface area contributed by atoms with E-state index in [9.17, 15) is 18.4 Å². The van der Waals surface area contributed by atoms with Crippen LogP contribution in [0.1, 0.15) is 59.8 Å². The van der Waals surface area contributed by atoms with Gasteiger partial charge in [-0.05, 0) is 44.6 Å². The Morgan fingerprint density at radius 1 is 1.16 bits per heavy atom. The Morgan fingerprint density at radius 2 is 1.76 bits per heavy atom. The van der Waals surface area contributed by atoms with E-state index in [4.69, 9.17) is 14.4 Å². The number of hydrogen-bond acceptors (Lipinski definition) is 5. The predicted molar refractivity (Wildman–Crippen MR) is 134 cm³/mol. The van der Waals surface area contributed by atoms with Crippen molar-refractivity contribution in [1.29, 1.82) is 0 Å². The largest absolute Gasteiger partial charge is 0.494 e. The number of aromatic nitrogens is 2. The predicted octanol–water partition coefficient (Wildman–Crippen LogP) is 3.58. The molecular formula is C25H33BF2N4O5. The first-order valence-electron chi connectivity index (χ1n) is 12.3. The quantitative estimate of drug-likeness (QED) is 0.504. The van der Waals surface area contributed by atoms with Crippen molar-refractivity contribution in [1.82, 2.24) is 20.2 Å². The fraction of sp³-hybridized carbons (Fsp3) is 0.560. The molecule has 200 valence electrons. The first kappa shape index (κ1) is 27.1. The van der Waals surface area contributed by atoms with Crippen molar-refractivity contribution in [2.24, 2.45) is 5.92 Å². The lowest BCUT2D eigenvalue weighted by atomic mass is 9.79. The van der Waals surface area contributed by atoms with Crippen LogP contribution in [-0.4, -0.2) is 68.8 Å². The summed E-state index contributed by atoms with van der Waals surface area (Å²) in [6.07, 6.45) is -0.461. The molecule has 2 aliphatic rings. The summed E-state index contributed by atoms with van der Waals surface area (Å²) in [7, 11) is -0.509. The van der Waals surface area contributed by atoms with Crippen LogP contribution in [0.15, 0.2) is 30.5 Å². The molecule has 1 aromatic carbocycles. The standard InChI is InChI=1S/C25H33BF2N4O5/c1-14(2)19(31-22(34)35)21(33)32-13-25(27,28)11-18(32)20-29-12-17(30-20)15-7-9-16(10-8-15)26-36-23(3,4)24(5,6)37-26/h7-10,12,14,18-19,31H,11,13H2,1-6H3,(H,29,30)(H,34,35)/t18-,19-/m0/s1. The number of alkyl halides is 2. The highest BCUT2D eigenvalue weighted by molar-refractivity contribution is 6.62. The van der Waals surface area contributed by atoms with Crippen LogP contribution in [0, 0.1) is 5.92 Å². The van der Waals surface area contributed by atoms with Gasteiger partial charge in [-0.15, -0.1) is 0 Å². The zero-order valence-electron chi connectivity index (χ0n) is 21.8. The van der Waals surface area contributed by atoms with E-state index >= 15 is 0 Å². The summed E-state index contributed by atoms with van der Waals surface area (Å²) in [6.45, 7) is 10.4. The van der Waals surface area contributed by atoms with Gasteiger partial charge in [0, 0.05) is 6.42 Å². The Kier molecular flexibility index (Phi) is 6.87. The maximum absolute atomic E-state index is 14.5. The van der Waals surface area contributed by atoms with Crippen LogP contribution in [0.4, 0.5) is 13.6 Å². The summed E-state index contributed by atoms with van der Waals surface area (Å²) in [5, 5.41) is 11.3. The molecule has 2 aromatic rings. The zero-order chi connectivity index (χ0) is 27.3. The molecule has 0 radical (unpaired) electrons. The molecule has 0 bridgehead atoms. The molecule has 3 N–H and O–H groups in total. The van der Waals surface area contributed by atoms with E-state index in [1.807, 2.05) is 52.0 Å². The number of nitrogens with zero attached hydrogens (tertiary/aromatic N) is 2. The number of carboxylic acid groups (broad SMARTS) is 1. The van der Waals surface area contributed by atoms with Crippen LogP contribution in [-0.2, 0) is 14.1 Å². The number of halogens is 2. The summed E-state index contributed by atoms with van der Waals surface area (Å²) in [5.41, 5.74) is 1.29. The molecule has 12 heteroatoms. The van der Waals surface area contributed by atoms with Crippen LogP contribution in [0.3, 0.4) is 0 Å². The summed E-state index contributed by atoms with van der Waals surface area (Å²) < 4.78 is 41.1. The number of benzene rings is 1. The van der Waals surface area contributed by atoms with Gasteiger partial charge in [-0.1, -0.05) is 38.1 Å². The van der Waals surface area contributed by atoms with Crippen LogP contribution < -0.4 is 10.8 Å². The van der Waals surface area contributed by atoms with Crippen molar-refractivity contribution in [3.8, 4) is 11.3 Å². The Labute approximate surface area is 215 Å². The van der Waals surface area contributed by atoms with E-state index in [-0.39, 0.29) is 5.82 Å². The second-order valence-corrected chi connectivity index (χ2v) is 11.1. The number of aromatic amines is 1. The SMILES string of the molecule is CC(C)[C@H](NC(=O)O)C(=O)N1CC(F)(F)C[C@H]1c1ncc(-c2ccc(B3OC(C)(C)C(C)(C)O3)cc2)[nH]1. The molecule has 0 saturated carbocycles. The fourth-order valence-electron chi connectivity index (χ4n) is 4.57. The third-order valence-electron chi connectivity index (χ3n) is 7.42. The average Bonchev–Trinajstić information content (AvgIpc) is 3.45. The van der Waals surface area contributed by atoms with Gasteiger partial charge in [-0.2, -0.15) is 0 Å². The van der Waals surface area contributed by atoms with Gasteiger partial charge in [0.15, 0.2) is 0 Å². The average molecular weight is 518 g/mol. The number of imidazole rings is 1. The molecule has 37 heavy (non-hydrogen) atoms. The van der Waals surface area contributed by atoms with Gasteiger partial charge in [-0.25, -0.2) is 18.6 Å². The number of nitrogens with one attached hydrogen (secondary N) is 2. The van der Waals surface area contributed by atoms with E-state index < -0.39 is 67.2 Å². The Balaban J connectivity index is 1.54. The van der Waals surface area contributed by atoms with E-state index in [1.165, 1.54) is 6.20 Å². The Hall–Kier alpha value is -2.99. The smallest absolute Gasteiger partial charge is 0.465 e. The van der Waals surface area contributed by atoms with Crippen LogP contribution in [0.25, 0.3) is 11.3 Å². The molecular weight excluding hydrogens is 485 g/mol. The maximum Gasteiger partial charge on any atom is 0.494 e. The van der Waals surface area contributed by atoms with Gasteiger partial charge >= 0.3 is 13.2 Å². The van der Waals surface area contributed by atoms with Gasteiger partial charge in [0.25, 0.3) is 5.92 Å².